The maximum Gasteiger partial charge on any atom is 0.271 e. The van der Waals surface area contributed by atoms with Crippen LogP contribution in [0.15, 0.2) is 148 Å². The van der Waals surface area contributed by atoms with Crippen LogP contribution in [-0.2, 0) is 4.79 Å². The molecule has 8 heteroatoms. The molecule has 2 aromatic heterocycles. The van der Waals surface area contributed by atoms with Crippen LogP contribution < -0.4 is 19.6 Å². The second-order valence-electron chi connectivity index (χ2n) is 13.7. The van der Waals surface area contributed by atoms with Gasteiger partial charge in [0.25, 0.3) is 11.5 Å². The van der Waals surface area contributed by atoms with Crippen LogP contribution in [0.4, 0.5) is 0 Å². The van der Waals surface area contributed by atoms with Gasteiger partial charge in [0.15, 0.2) is 4.80 Å². The zero-order valence-electron chi connectivity index (χ0n) is 31.6. The van der Waals surface area contributed by atoms with Gasteiger partial charge in [-0.3, -0.25) is 14.2 Å². The lowest BCUT2D eigenvalue weighted by atomic mass is 9.90. The lowest BCUT2D eigenvalue weighted by Gasteiger charge is -2.30. The molecule has 0 spiro atoms. The third-order valence-electron chi connectivity index (χ3n) is 10.5. The molecule has 0 unspecified atom stereocenters. The molecule has 0 saturated heterocycles. The Morgan fingerprint density at radius 2 is 1.49 bits per heavy atom. The summed E-state index contributed by atoms with van der Waals surface area (Å²) >= 11 is 1.34. The number of aryl methyl sites for hydroxylation is 1. The van der Waals surface area contributed by atoms with E-state index in [4.69, 9.17) is 9.73 Å². The van der Waals surface area contributed by atoms with Crippen molar-refractivity contribution in [1.29, 1.82) is 0 Å². The number of nitrogens with zero attached hydrogens (tertiary/aromatic N) is 4. The molecule has 5 aromatic carbocycles. The van der Waals surface area contributed by atoms with E-state index in [0.29, 0.717) is 39.4 Å². The van der Waals surface area contributed by atoms with Crippen molar-refractivity contribution >= 4 is 34.1 Å². The third kappa shape index (κ3) is 6.32. The second-order valence-corrected chi connectivity index (χ2v) is 14.7. The normalized spacial score (nSPS) is 14.2. The number of allylic oxidation sites excluding steroid dienone is 1. The first-order valence-corrected chi connectivity index (χ1v) is 19.5. The van der Waals surface area contributed by atoms with E-state index < -0.39 is 6.04 Å². The first kappa shape index (κ1) is 35.8. The quantitative estimate of drug-likeness (QED) is 0.149. The Bertz CT molecular complexity index is 2770. The molecule has 8 rings (SSSR count). The molecule has 0 bridgehead atoms. The van der Waals surface area contributed by atoms with Crippen LogP contribution in [0.1, 0.15) is 43.5 Å². The summed E-state index contributed by atoms with van der Waals surface area (Å²) in [5.41, 5.74) is 8.73. The van der Waals surface area contributed by atoms with E-state index in [1.807, 2.05) is 99.6 Å². The molecule has 274 valence electrons. The van der Waals surface area contributed by atoms with Gasteiger partial charge in [0.05, 0.1) is 34.3 Å². The molecule has 55 heavy (non-hydrogen) atoms. The third-order valence-corrected chi connectivity index (χ3v) is 11.4. The Morgan fingerprint density at radius 3 is 2.16 bits per heavy atom. The number of amides is 1. The highest BCUT2D eigenvalue weighted by Gasteiger charge is 2.37. The topological polar surface area (TPSA) is 68.8 Å². The van der Waals surface area contributed by atoms with Crippen molar-refractivity contribution in [3.05, 3.63) is 175 Å². The fourth-order valence-electron chi connectivity index (χ4n) is 7.74. The van der Waals surface area contributed by atoms with Gasteiger partial charge in [-0.15, -0.1) is 0 Å². The molecule has 1 atom stereocenters. The second kappa shape index (κ2) is 14.9. The molecular weight excluding hydrogens is 701 g/mol. The predicted octanol–water partition coefficient (Wildman–Crippen LogP) is 8.70. The lowest BCUT2D eigenvalue weighted by molar-refractivity contribution is -0.127. The maximum atomic E-state index is 15.1. The van der Waals surface area contributed by atoms with Crippen LogP contribution in [0.25, 0.3) is 45.1 Å². The molecule has 0 radical (unpaired) electrons. The summed E-state index contributed by atoms with van der Waals surface area (Å²) in [5, 5.41) is 1.90. The van der Waals surface area contributed by atoms with E-state index in [1.54, 1.807) is 16.6 Å². The molecule has 7 nitrogen and oxygen atoms in total. The number of likely N-dealkylation sites (N-methyl/N-ethyl adjacent to an activating group) is 1. The molecule has 1 aliphatic heterocycles. The SMILES string of the molecule is CCN(CC)C(=O)C1=C(C)N=c2s/c(=C/c3cc(-c4ccccc4)n(-c4ccc(C)cc4)c3-c3ccccc3)c(=O)n2[C@H]1c1c(OC)ccc2ccccc12. The van der Waals surface area contributed by atoms with Gasteiger partial charge < -0.3 is 14.2 Å². The minimum Gasteiger partial charge on any atom is -0.496 e. The Labute approximate surface area is 324 Å². The smallest absolute Gasteiger partial charge is 0.271 e. The van der Waals surface area contributed by atoms with Crippen LogP contribution >= 0.6 is 11.3 Å². The minimum absolute atomic E-state index is 0.144. The van der Waals surface area contributed by atoms with E-state index in [0.717, 1.165) is 50.1 Å². The largest absolute Gasteiger partial charge is 0.496 e. The standard InChI is InChI=1S/C47H42N4O3S/c1-6-49(7-2)46(53)41-31(4)48-47-51(44(41)42-37-21-15-14-16-32(37)24-27-39(42)54-5)45(52)40(55-47)29-35-28-38(33-17-10-8-11-18-33)50(36-25-22-30(3)23-26-36)43(35)34-19-12-9-13-20-34/h8-29,44H,6-7H2,1-5H3/b40-29+/t44-/m1/s1. The van der Waals surface area contributed by atoms with Crippen molar-refractivity contribution in [2.45, 2.75) is 33.7 Å². The van der Waals surface area contributed by atoms with Gasteiger partial charge in [-0.1, -0.05) is 120 Å². The lowest BCUT2D eigenvalue weighted by Crippen LogP contribution is -2.43. The summed E-state index contributed by atoms with van der Waals surface area (Å²) in [6.07, 6.45) is 1.99. The van der Waals surface area contributed by atoms with E-state index in [-0.39, 0.29) is 11.5 Å². The van der Waals surface area contributed by atoms with Crippen molar-refractivity contribution in [2.75, 3.05) is 20.2 Å². The van der Waals surface area contributed by atoms with Crippen molar-refractivity contribution in [3.63, 3.8) is 0 Å². The number of methoxy groups -OCH3 is 1. The number of aromatic nitrogens is 2. The first-order valence-electron chi connectivity index (χ1n) is 18.6. The van der Waals surface area contributed by atoms with E-state index in [9.17, 15) is 4.79 Å². The van der Waals surface area contributed by atoms with Crippen molar-refractivity contribution in [3.8, 4) is 34.0 Å². The average molecular weight is 743 g/mol. The Balaban J connectivity index is 1.43. The zero-order valence-corrected chi connectivity index (χ0v) is 32.4. The fraction of sp³-hybridized carbons (Fsp3) is 0.170. The molecule has 7 aromatic rings. The summed E-state index contributed by atoms with van der Waals surface area (Å²) in [6, 6.07) is 42.5. The van der Waals surface area contributed by atoms with E-state index in [2.05, 4.69) is 66.1 Å². The number of fused-ring (bicyclic) bond motifs is 2. The number of benzene rings is 5. The summed E-state index contributed by atoms with van der Waals surface area (Å²) in [6.45, 7) is 8.96. The number of hydrogen-bond acceptors (Lipinski definition) is 5. The minimum atomic E-state index is -0.766. The molecule has 1 aliphatic rings. The highest BCUT2D eigenvalue weighted by atomic mass is 32.1. The fourth-order valence-corrected chi connectivity index (χ4v) is 8.78. The van der Waals surface area contributed by atoms with Gasteiger partial charge >= 0.3 is 0 Å². The summed E-state index contributed by atoms with van der Waals surface area (Å²) in [7, 11) is 1.63. The van der Waals surface area contributed by atoms with E-state index in [1.165, 1.54) is 16.9 Å². The van der Waals surface area contributed by atoms with Crippen LogP contribution in [0.5, 0.6) is 5.75 Å². The number of hydrogen-bond donors (Lipinski definition) is 0. The van der Waals surface area contributed by atoms with Crippen LogP contribution in [-0.4, -0.2) is 40.1 Å². The monoisotopic (exact) mass is 742 g/mol. The zero-order chi connectivity index (χ0) is 38.2. The predicted molar refractivity (Wildman–Crippen MR) is 224 cm³/mol. The van der Waals surface area contributed by atoms with Crippen LogP contribution in [0.2, 0.25) is 0 Å². The summed E-state index contributed by atoms with van der Waals surface area (Å²) in [4.78, 5) is 36.9. The van der Waals surface area contributed by atoms with Gasteiger partial charge in [-0.25, -0.2) is 4.99 Å². The number of carbonyl (C=O) groups excluding carboxylic acids is 1. The van der Waals surface area contributed by atoms with Crippen LogP contribution in [0.3, 0.4) is 0 Å². The maximum absolute atomic E-state index is 15.1. The van der Waals surface area contributed by atoms with Crippen molar-refractivity contribution in [1.82, 2.24) is 14.0 Å². The van der Waals surface area contributed by atoms with Crippen molar-refractivity contribution < 1.29 is 9.53 Å². The molecular formula is C47H42N4O3S. The number of carbonyl (C=O) groups is 1. The number of rotatable bonds is 9. The molecule has 0 saturated carbocycles. The molecule has 0 aliphatic carbocycles. The molecule has 3 heterocycles. The van der Waals surface area contributed by atoms with Gasteiger partial charge in [0, 0.05) is 29.9 Å². The van der Waals surface area contributed by atoms with Gasteiger partial charge in [0.1, 0.15) is 11.8 Å². The van der Waals surface area contributed by atoms with E-state index >= 15 is 4.79 Å². The average Bonchev–Trinajstić information content (AvgIpc) is 3.74. The van der Waals surface area contributed by atoms with Gasteiger partial charge in [0.2, 0.25) is 0 Å². The Kier molecular flexibility index (Phi) is 9.67. The highest BCUT2D eigenvalue weighted by Crippen LogP contribution is 2.41. The highest BCUT2D eigenvalue weighted by molar-refractivity contribution is 7.07. The van der Waals surface area contributed by atoms with Gasteiger partial charge in [-0.2, -0.15) is 0 Å². The summed E-state index contributed by atoms with van der Waals surface area (Å²) in [5.74, 6) is 0.460. The summed E-state index contributed by atoms with van der Waals surface area (Å²) < 4.78 is 10.5. The Morgan fingerprint density at radius 1 is 0.836 bits per heavy atom. The molecule has 0 N–H and O–H groups in total. The van der Waals surface area contributed by atoms with Crippen LogP contribution in [0, 0.1) is 6.92 Å². The molecule has 1 amide bonds. The van der Waals surface area contributed by atoms with Crippen molar-refractivity contribution in [2.24, 2.45) is 4.99 Å². The number of thiazole rings is 1. The number of ether oxygens (including phenoxy) is 1. The molecule has 0 fully saturated rings. The Hall–Kier alpha value is -6.25. The first-order chi connectivity index (χ1) is 26.8. The van der Waals surface area contributed by atoms with Gasteiger partial charge in [-0.05, 0) is 79.9 Å².